The third-order valence-corrected chi connectivity index (χ3v) is 11.2. The number of fused-ring (bicyclic) bond motifs is 5. The van der Waals surface area contributed by atoms with E-state index in [0.29, 0.717) is 10.8 Å². The lowest BCUT2D eigenvalue weighted by atomic mass is 9.47. The van der Waals surface area contributed by atoms with Gasteiger partial charge >= 0.3 is 0 Å². The Hall–Kier alpha value is -0.300. The number of rotatable bonds is 6. The average Bonchev–Trinajstić information content (AvgIpc) is 3.04. The van der Waals surface area contributed by atoms with E-state index in [0.717, 1.165) is 60.7 Å². The van der Waals surface area contributed by atoms with E-state index in [4.69, 9.17) is 0 Å². The molecule has 0 aliphatic heterocycles. The predicted octanol–water partition coefficient (Wildman–Crippen LogP) is 8.02. The first-order valence-corrected chi connectivity index (χ1v) is 13.5. The second-order valence-corrected chi connectivity index (χ2v) is 13.0. The van der Waals surface area contributed by atoms with Gasteiger partial charge in [-0.15, -0.1) is 0 Å². The van der Waals surface area contributed by atoms with Crippen LogP contribution in [0.2, 0.25) is 0 Å². The van der Waals surface area contributed by atoms with E-state index in [1.54, 1.807) is 5.57 Å². The standard InChI is InChI=1S/C29H50O/c1-19(2)20(3)8-7-9-21(4)25-14-15-26-24-13-11-22-10-12-23(30)18-29(22,6)27(24)16-17-28(25,26)5/h11,19-21,23-27,30H,7-10,12-18H2,1-6H3/t20?,21?,23-,24+,25-,26+,27+,28-,29+/m1/s1. The summed E-state index contributed by atoms with van der Waals surface area (Å²) >= 11 is 0. The van der Waals surface area contributed by atoms with Gasteiger partial charge in [0.2, 0.25) is 0 Å². The molecule has 1 N–H and O–H groups in total. The Labute approximate surface area is 187 Å². The molecule has 0 radical (unpaired) electrons. The normalized spacial score (nSPS) is 45.3. The molecule has 30 heavy (non-hydrogen) atoms. The summed E-state index contributed by atoms with van der Waals surface area (Å²) < 4.78 is 0. The molecule has 2 unspecified atom stereocenters. The molecule has 0 bridgehead atoms. The topological polar surface area (TPSA) is 20.2 Å². The first-order valence-electron chi connectivity index (χ1n) is 13.5. The summed E-state index contributed by atoms with van der Waals surface area (Å²) in [4.78, 5) is 0. The Morgan fingerprint density at radius 1 is 1.00 bits per heavy atom. The van der Waals surface area contributed by atoms with E-state index in [2.05, 4.69) is 47.6 Å². The third-order valence-electron chi connectivity index (χ3n) is 11.2. The molecule has 0 heterocycles. The van der Waals surface area contributed by atoms with Crippen LogP contribution < -0.4 is 0 Å². The van der Waals surface area contributed by atoms with Crippen LogP contribution in [0.25, 0.3) is 0 Å². The van der Waals surface area contributed by atoms with Crippen LogP contribution in [-0.2, 0) is 0 Å². The van der Waals surface area contributed by atoms with E-state index < -0.39 is 0 Å². The van der Waals surface area contributed by atoms with Crippen molar-refractivity contribution in [2.24, 2.45) is 52.3 Å². The van der Waals surface area contributed by atoms with Crippen LogP contribution in [-0.4, -0.2) is 11.2 Å². The van der Waals surface area contributed by atoms with Crippen molar-refractivity contribution in [3.05, 3.63) is 11.6 Å². The fraction of sp³-hybridized carbons (Fsp3) is 0.931. The van der Waals surface area contributed by atoms with E-state index >= 15 is 0 Å². The molecule has 0 aromatic heterocycles. The fourth-order valence-electron chi connectivity index (χ4n) is 9.01. The summed E-state index contributed by atoms with van der Waals surface area (Å²) in [6.45, 7) is 15.0. The molecular weight excluding hydrogens is 364 g/mol. The molecule has 4 rings (SSSR count). The first-order chi connectivity index (χ1) is 14.2. The van der Waals surface area contributed by atoms with Crippen LogP contribution in [0.4, 0.5) is 0 Å². The Morgan fingerprint density at radius 3 is 2.50 bits per heavy atom. The maximum Gasteiger partial charge on any atom is 0.0551 e. The predicted molar refractivity (Wildman–Crippen MR) is 128 cm³/mol. The van der Waals surface area contributed by atoms with Gasteiger partial charge in [-0.2, -0.15) is 0 Å². The first kappa shape index (κ1) is 22.9. The molecule has 1 heteroatoms. The van der Waals surface area contributed by atoms with Crippen molar-refractivity contribution in [2.75, 3.05) is 0 Å². The lowest BCUT2D eigenvalue weighted by Crippen LogP contribution is -2.51. The lowest BCUT2D eigenvalue weighted by molar-refractivity contribution is -0.0637. The van der Waals surface area contributed by atoms with Crippen molar-refractivity contribution >= 4 is 0 Å². The Bertz CT molecular complexity index is 634. The summed E-state index contributed by atoms with van der Waals surface area (Å²) in [5.41, 5.74) is 2.57. The van der Waals surface area contributed by atoms with Crippen LogP contribution in [0.15, 0.2) is 11.6 Å². The zero-order valence-corrected chi connectivity index (χ0v) is 20.9. The molecule has 0 spiro atoms. The van der Waals surface area contributed by atoms with Crippen molar-refractivity contribution in [1.82, 2.24) is 0 Å². The minimum atomic E-state index is -0.0659. The number of hydrogen-bond acceptors (Lipinski definition) is 1. The minimum absolute atomic E-state index is 0.0659. The maximum atomic E-state index is 10.5. The highest BCUT2D eigenvalue weighted by atomic mass is 16.3. The summed E-state index contributed by atoms with van der Waals surface area (Å²) in [6.07, 6.45) is 17.1. The average molecular weight is 415 g/mol. The summed E-state index contributed by atoms with van der Waals surface area (Å²) in [5.74, 6) is 6.15. The van der Waals surface area contributed by atoms with Crippen LogP contribution in [0.5, 0.6) is 0 Å². The molecule has 0 amide bonds. The molecule has 3 saturated carbocycles. The van der Waals surface area contributed by atoms with Crippen LogP contribution in [0.3, 0.4) is 0 Å². The smallest absolute Gasteiger partial charge is 0.0551 e. The van der Waals surface area contributed by atoms with Gasteiger partial charge < -0.3 is 5.11 Å². The van der Waals surface area contributed by atoms with Crippen LogP contribution in [0.1, 0.15) is 112 Å². The Morgan fingerprint density at radius 2 is 1.77 bits per heavy atom. The zero-order chi connectivity index (χ0) is 21.7. The van der Waals surface area contributed by atoms with Gasteiger partial charge in [0.25, 0.3) is 0 Å². The summed E-state index contributed by atoms with van der Waals surface area (Å²) in [5, 5.41) is 10.5. The highest BCUT2D eigenvalue weighted by molar-refractivity contribution is 5.25. The SMILES string of the molecule is CC(C)C(C)CCCC(C)[C@H]1CC[C@H]2[C@@H]3CC=C4CC[C@@H](O)C[C@]4(C)[C@H]3CC[C@]12C. The Kier molecular flexibility index (Phi) is 6.53. The van der Waals surface area contributed by atoms with E-state index in [1.807, 2.05) is 0 Å². The highest BCUT2D eigenvalue weighted by Gasteiger charge is 2.59. The molecule has 3 fully saturated rings. The monoisotopic (exact) mass is 414 g/mol. The van der Waals surface area contributed by atoms with Gasteiger partial charge in [0.15, 0.2) is 0 Å². The number of aliphatic hydroxyl groups excluding tert-OH is 1. The van der Waals surface area contributed by atoms with Gasteiger partial charge in [0, 0.05) is 0 Å². The lowest BCUT2D eigenvalue weighted by Gasteiger charge is -2.58. The van der Waals surface area contributed by atoms with Gasteiger partial charge in [-0.05, 0) is 104 Å². The molecule has 0 aromatic rings. The zero-order valence-electron chi connectivity index (χ0n) is 20.9. The van der Waals surface area contributed by atoms with Gasteiger partial charge in [0.1, 0.15) is 0 Å². The van der Waals surface area contributed by atoms with Crippen molar-refractivity contribution in [3.63, 3.8) is 0 Å². The number of hydrogen-bond donors (Lipinski definition) is 1. The molecule has 9 atom stereocenters. The van der Waals surface area contributed by atoms with Crippen LogP contribution in [0, 0.1) is 52.3 Å². The van der Waals surface area contributed by atoms with E-state index in [1.165, 1.54) is 51.4 Å². The highest BCUT2D eigenvalue weighted by Crippen LogP contribution is 2.67. The quantitative estimate of drug-likeness (QED) is 0.436. The molecule has 4 aliphatic rings. The minimum Gasteiger partial charge on any atom is -0.393 e. The number of aliphatic hydroxyl groups is 1. The summed E-state index contributed by atoms with van der Waals surface area (Å²) in [6, 6.07) is 0. The largest absolute Gasteiger partial charge is 0.393 e. The maximum absolute atomic E-state index is 10.5. The van der Waals surface area contributed by atoms with E-state index in [9.17, 15) is 5.11 Å². The van der Waals surface area contributed by atoms with Gasteiger partial charge in [0.05, 0.1) is 6.10 Å². The Balaban J connectivity index is 1.44. The molecule has 1 nitrogen and oxygen atoms in total. The second-order valence-electron chi connectivity index (χ2n) is 13.0. The van der Waals surface area contributed by atoms with Crippen molar-refractivity contribution in [2.45, 2.75) is 118 Å². The second kappa shape index (κ2) is 8.57. The van der Waals surface area contributed by atoms with Crippen molar-refractivity contribution in [3.8, 4) is 0 Å². The number of allylic oxidation sites excluding steroid dienone is 2. The van der Waals surface area contributed by atoms with E-state index in [-0.39, 0.29) is 6.10 Å². The van der Waals surface area contributed by atoms with Crippen LogP contribution >= 0.6 is 0 Å². The van der Waals surface area contributed by atoms with Gasteiger partial charge in [-0.25, -0.2) is 0 Å². The van der Waals surface area contributed by atoms with Crippen molar-refractivity contribution in [1.29, 1.82) is 0 Å². The molecule has 0 aromatic carbocycles. The van der Waals surface area contributed by atoms with Gasteiger partial charge in [-0.3, -0.25) is 0 Å². The van der Waals surface area contributed by atoms with Gasteiger partial charge in [-0.1, -0.05) is 72.5 Å². The molecular formula is C29H50O. The third kappa shape index (κ3) is 3.84. The molecule has 4 aliphatic carbocycles. The molecule has 172 valence electrons. The molecule has 0 saturated heterocycles. The van der Waals surface area contributed by atoms with Crippen molar-refractivity contribution < 1.29 is 5.11 Å². The fourth-order valence-corrected chi connectivity index (χ4v) is 9.01. The summed E-state index contributed by atoms with van der Waals surface area (Å²) in [7, 11) is 0.